The smallest absolute Gasteiger partial charge is 0.321 e. The highest BCUT2D eigenvalue weighted by atomic mass is 79.9. The first kappa shape index (κ1) is 10.0. The Morgan fingerprint density at radius 2 is 2.50 bits per heavy atom. The van der Waals surface area contributed by atoms with Crippen molar-refractivity contribution in [1.29, 1.82) is 0 Å². The molecule has 1 N–H and O–H groups in total. The number of carboxylic acid groups (broad SMARTS) is 1. The van der Waals surface area contributed by atoms with Crippen LogP contribution < -0.4 is 0 Å². The fourth-order valence-electron chi connectivity index (χ4n) is 1.48. The molecule has 0 aliphatic carbocycles. The maximum absolute atomic E-state index is 11.1. The molecule has 1 saturated heterocycles. The Balaban J connectivity index is 2.23. The SMILES string of the molecule is O=C(O)C1S[C@@H]2CC(=O)N2C=C1CBr. The first-order valence-corrected chi connectivity index (χ1v) is 6.16. The highest BCUT2D eigenvalue weighted by Gasteiger charge is 2.43. The van der Waals surface area contributed by atoms with Crippen LogP contribution in [0.4, 0.5) is 0 Å². The lowest BCUT2D eigenvalue weighted by Crippen LogP contribution is -2.51. The summed E-state index contributed by atoms with van der Waals surface area (Å²) in [4.78, 5) is 23.6. The van der Waals surface area contributed by atoms with Gasteiger partial charge in [-0.05, 0) is 5.57 Å². The largest absolute Gasteiger partial charge is 0.480 e. The van der Waals surface area contributed by atoms with Crippen LogP contribution >= 0.6 is 27.7 Å². The Hall–Kier alpha value is -0.490. The third kappa shape index (κ3) is 1.46. The third-order valence-corrected chi connectivity index (χ3v) is 4.39. The van der Waals surface area contributed by atoms with E-state index in [1.807, 2.05) is 0 Å². The van der Waals surface area contributed by atoms with Gasteiger partial charge in [0, 0.05) is 11.5 Å². The van der Waals surface area contributed by atoms with Gasteiger partial charge in [-0.1, -0.05) is 15.9 Å². The number of carbonyl (C=O) groups excluding carboxylic acids is 1. The lowest BCUT2D eigenvalue weighted by atomic mass is 10.1. The predicted octanol–water partition coefficient (Wildman–Crippen LogP) is 1.02. The Labute approximate surface area is 93.5 Å². The van der Waals surface area contributed by atoms with Gasteiger partial charge in [-0.2, -0.15) is 0 Å². The number of nitrogens with zero attached hydrogens (tertiary/aromatic N) is 1. The minimum Gasteiger partial charge on any atom is -0.480 e. The van der Waals surface area contributed by atoms with Crippen LogP contribution in [0.5, 0.6) is 0 Å². The van der Waals surface area contributed by atoms with Crippen molar-refractivity contribution in [2.75, 3.05) is 5.33 Å². The van der Waals surface area contributed by atoms with Gasteiger partial charge in [0.1, 0.15) is 5.25 Å². The number of hydrogen-bond donors (Lipinski definition) is 1. The molecule has 0 bridgehead atoms. The van der Waals surface area contributed by atoms with E-state index in [4.69, 9.17) is 5.11 Å². The van der Waals surface area contributed by atoms with E-state index in [1.54, 1.807) is 11.1 Å². The number of rotatable bonds is 2. The number of carboxylic acids is 1. The van der Waals surface area contributed by atoms with Crippen LogP contribution in [0.15, 0.2) is 11.8 Å². The monoisotopic (exact) mass is 277 g/mol. The zero-order valence-corrected chi connectivity index (χ0v) is 9.55. The number of aliphatic carboxylic acids is 1. The fourth-order valence-corrected chi connectivity index (χ4v) is 3.46. The minimum absolute atomic E-state index is 0.0337. The fraction of sp³-hybridized carbons (Fsp3) is 0.500. The van der Waals surface area contributed by atoms with Crippen molar-refractivity contribution < 1.29 is 14.7 Å². The molecule has 0 saturated carbocycles. The number of alkyl halides is 1. The van der Waals surface area contributed by atoms with Crippen molar-refractivity contribution in [3.8, 4) is 0 Å². The van der Waals surface area contributed by atoms with Crippen LogP contribution in [0.2, 0.25) is 0 Å². The number of hydrogen-bond acceptors (Lipinski definition) is 3. The summed E-state index contributed by atoms with van der Waals surface area (Å²) in [5.41, 5.74) is 0.742. The average Bonchev–Trinajstić information content (AvgIpc) is 2.15. The Bertz CT molecular complexity index is 331. The number of fused-ring (bicyclic) bond motifs is 1. The summed E-state index contributed by atoms with van der Waals surface area (Å²) < 4.78 is 0. The second-order valence-electron chi connectivity index (χ2n) is 3.15. The van der Waals surface area contributed by atoms with Crippen molar-refractivity contribution in [2.24, 2.45) is 0 Å². The van der Waals surface area contributed by atoms with E-state index in [2.05, 4.69) is 15.9 Å². The van der Waals surface area contributed by atoms with Gasteiger partial charge < -0.3 is 10.0 Å². The summed E-state index contributed by atoms with van der Waals surface area (Å²) in [5, 5.41) is 8.96. The number of thioether (sulfide) groups is 1. The van der Waals surface area contributed by atoms with Crippen LogP contribution in [0, 0.1) is 0 Å². The lowest BCUT2D eigenvalue weighted by Gasteiger charge is -2.42. The highest BCUT2D eigenvalue weighted by molar-refractivity contribution is 9.09. The quantitative estimate of drug-likeness (QED) is 0.605. The number of amides is 1. The molecule has 0 spiro atoms. The van der Waals surface area contributed by atoms with Crippen LogP contribution in [0.25, 0.3) is 0 Å². The molecule has 6 heteroatoms. The molecule has 2 heterocycles. The van der Waals surface area contributed by atoms with E-state index < -0.39 is 11.2 Å². The summed E-state index contributed by atoms with van der Waals surface area (Å²) >= 11 is 4.56. The molecule has 76 valence electrons. The molecule has 1 unspecified atom stereocenters. The summed E-state index contributed by atoms with van der Waals surface area (Å²) in [6.07, 6.45) is 2.13. The van der Waals surface area contributed by atoms with Gasteiger partial charge in [0.05, 0.1) is 11.8 Å². The zero-order valence-electron chi connectivity index (χ0n) is 7.14. The lowest BCUT2D eigenvalue weighted by molar-refractivity contribution is -0.139. The predicted molar refractivity (Wildman–Crippen MR) is 56.1 cm³/mol. The van der Waals surface area contributed by atoms with Crippen molar-refractivity contribution in [3.63, 3.8) is 0 Å². The van der Waals surface area contributed by atoms with Crippen LogP contribution in [0.3, 0.4) is 0 Å². The summed E-state index contributed by atoms with van der Waals surface area (Å²) in [6, 6.07) is 0. The topological polar surface area (TPSA) is 57.6 Å². The molecule has 1 fully saturated rings. The zero-order chi connectivity index (χ0) is 10.3. The van der Waals surface area contributed by atoms with E-state index in [0.29, 0.717) is 11.8 Å². The number of carbonyl (C=O) groups is 2. The summed E-state index contributed by atoms with van der Waals surface area (Å²) in [6.45, 7) is 0. The molecule has 2 rings (SSSR count). The molecule has 4 nitrogen and oxygen atoms in total. The minimum atomic E-state index is -0.834. The summed E-state index contributed by atoms with van der Waals surface area (Å²) in [5.74, 6) is -0.760. The van der Waals surface area contributed by atoms with E-state index >= 15 is 0 Å². The first-order valence-electron chi connectivity index (χ1n) is 4.09. The van der Waals surface area contributed by atoms with Gasteiger partial charge in [-0.25, -0.2) is 0 Å². The molecule has 14 heavy (non-hydrogen) atoms. The molecular formula is C8H8BrNO3S. The molecule has 0 aromatic rings. The maximum atomic E-state index is 11.1. The second kappa shape index (κ2) is 3.58. The third-order valence-electron chi connectivity index (χ3n) is 2.26. The van der Waals surface area contributed by atoms with Gasteiger partial charge in [-0.3, -0.25) is 9.59 Å². The highest BCUT2D eigenvalue weighted by Crippen LogP contribution is 2.40. The van der Waals surface area contributed by atoms with Crippen molar-refractivity contribution >= 4 is 39.6 Å². The molecule has 2 atom stereocenters. The van der Waals surface area contributed by atoms with Crippen LogP contribution in [0.1, 0.15) is 6.42 Å². The van der Waals surface area contributed by atoms with Gasteiger partial charge in [-0.15, -0.1) is 11.8 Å². The van der Waals surface area contributed by atoms with Crippen molar-refractivity contribution in [2.45, 2.75) is 17.0 Å². The molecule has 0 radical (unpaired) electrons. The maximum Gasteiger partial charge on any atom is 0.321 e. The Kier molecular flexibility index (Phi) is 2.57. The Morgan fingerprint density at radius 3 is 3.00 bits per heavy atom. The van der Waals surface area contributed by atoms with Gasteiger partial charge >= 0.3 is 5.97 Å². The van der Waals surface area contributed by atoms with E-state index in [-0.39, 0.29) is 11.3 Å². The van der Waals surface area contributed by atoms with Crippen molar-refractivity contribution in [3.05, 3.63) is 11.8 Å². The van der Waals surface area contributed by atoms with E-state index in [0.717, 1.165) is 5.57 Å². The number of β-lactam (4-membered cyclic amide) rings is 1. The van der Waals surface area contributed by atoms with Gasteiger partial charge in [0.25, 0.3) is 0 Å². The molecule has 0 aromatic heterocycles. The van der Waals surface area contributed by atoms with Crippen molar-refractivity contribution in [1.82, 2.24) is 4.90 Å². The van der Waals surface area contributed by atoms with Gasteiger partial charge in [0.15, 0.2) is 0 Å². The average molecular weight is 278 g/mol. The van der Waals surface area contributed by atoms with Crippen LogP contribution in [-0.4, -0.2) is 37.8 Å². The van der Waals surface area contributed by atoms with E-state index in [1.165, 1.54) is 11.8 Å². The standard InChI is InChI=1S/C8H8BrNO3S/c9-2-4-3-10-5(11)1-6(10)14-7(4)8(12)13/h3,6-7H,1-2H2,(H,12,13)/t6-,7?/m1/s1. The second-order valence-corrected chi connectivity index (χ2v) is 5.00. The molecule has 0 aromatic carbocycles. The molecular weight excluding hydrogens is 270 g/mol. The molecule has 2 aliphatic rings. The normalized spacial score (nSPS) is 30.5. The first-order chi connectivity index (χ1) is 6.63. The van der Waals surface area contributed by atoms with Gasteiger partial charge in [0.2, 0.25) is 5.91 Å². The molecule has 1 amide bonds. The van der Waals surface area contributed by atoms with E-state index in [9.17, 15) is 9.59 Å². The van der Waals surface area contributed by atoms with Crippen LogP contribution in [-0.2, 0) is 9.59 Å². The molecule has 2 aliphatic heterocycles. The summed E-state index contributed by atoms with van der Waals surface area (Å²) in [7, 11) is 0. The number of halogens is 1. The Morgan fingerprint density at radius 1 is 1.79 bits per heavy atom.